The Morgan fingerprint density at radius 2 is 1.30 bits per heavy atom. The first-order valence-electron chi connectivity index (χ1n) is 29.1. The zero-order valence-corrected chi connectivity index (χ0v) is 49.7. The monoisotopic (exact) mass is 1140 g/mol. The highest BCUT2D eigenvalue weighted by molar-refractivity contribution is 6.74. The van der Waals surface area contributed by atoms with Crippen LogP contribution in [-0.2, 0) is 79.3 Å². The van der Waals surface area contributed by atoms with Gasteiger partial charge in [-0.2, -0.15) is 0 Å². The molecule has 0 spiro atoms. The maximum absolute atomic E-state index is 14.1. The lowest BCUT2D eigenvalue weighted by atomic mass is 9.78. The smallest absolute Gasteiger partial charge is 0.407 e. The van der Waals surface area contributed by atoms with Gasteiger partial charge in [0.2, 0.25) is 0 Å². The van der Waals surface area contributed by atoms with Gasteiger partial charge in [0, 0.05) is 29.9 Å². The maximum Gasteiger partial charge on any atom is 0.407 e. The van der Waals surface area contributed by atoms with E-state index in [1.807, 2.05) is 105 Å². The zero-order valence-electron chi connectivity index (χ0n) is 48.7. The Balaban J connectivity index is 0.996. The zero-order chi connectivity index (χ0) is 57.6. The molecule has 81 heavy (non-hydrogen) atoms. The van der Waals surface area contributed by atoms with Gasteiger partial charge in [0.05, 0.1) is 44.0 Å². The van der Waals surface area contributed by atoms with E-state index in [1.54, 1.807) is 6.08 Å². The van der Waals surface area contributed by atoms with Crippen LogP contribution in [0.5, 0.6) is 0 Å². The molecule has 0 aromatic heterocycles. The summed E-state index contributed by atoms with van der Waals surface area (Å²) in [6, 6.07) is 28.0. The lowest BCUT2D eigenvalue weighted by Gasteiger charge is -2.53. The maximum atomic E-state index is 14.1. The Hall–Kier alpha value is -4.77. The van der Waals surface area contributed by atoms with Crippen LogP contribution in [0.25, 0.3) is 0 Å². The van der Waals surface area contributed by atoms with Crippen molar-refractivity contribution in [2.45, 2.75) is 198 Å². The third-order valence-corrected chi connectivity index (χ3v) is 22.3. The van der Waals surface area contributed by atoms with Crippen LogP contribution in [0.15, 0.2) is 104 Å². The van der Waals surface area contributed by atoms with Gasteiger partial charge in [-0.1, -0.05) is 152 Å². The number of ether oxygens (including phenoxy) is 12. The van der Waals surface area contributed by atoms with Gasteiger partial charge >= 0.3 is 18.2 Å². The van der Waals surface area contributed by atoms with Crippen molar-refractivity contribution >= 4 is 26.5 Å². The summed E-state index contributed by atoms with van der Waals surface area (Å²) in [5.74, 6) is -1.12. The molecule has 5 aliphatic heterocycles. The highest BCUT2D eigenvalue weighted by Gasteiger charge is 2.59. The van der Waals surface area contributed by atoms with E-state index in [-0.39, 0.29) is 68.1 Å². The molecule has 1 unspecified atom stereocenters. The van der Waals surface area contributed by atoms with Crippen LogP contribution in [0, 0.1) is 29.6 Å². The van der Waals surface area contributed by atoms with Crippen LogP contribution < -0.4 is 10.6 Å². The average Bonchev–Trinajstić information content (AvgIpc) is 4.02. The summed E-state index contributed by atoms with van der Waals surface area (Å²) in [7, 11) is -2.49. The molecular formula is C62H86N2O16Si. The van der Waals surface area contributed by atoms with E-state index in [9.17, 15) is 14.4 Å². The fourth-order valence-corrected chi connectivity index (χ4v) is 13.1. The van der Waals surface area contributed by atoms with Crippen molar-refractivity contribution < 1.29 is 75.7 Å². The summed E-state index contributed by atoms with van der Waals surface area (Å²) >= 11 is 0. The van der Waals surface area contributed by atoms with Crippen molar-refractivity contribution in [3.63, 3.8) is 0 Å². The third kappa shape index (κ3) is 14.4. The Morgan fingerprint density at radius 1 is 0.691 bits per heavy atom. The van der Waals surface area contributed by atoms with E-state index in [1.165, 1.54) is 0 Å². The Labute approximate surface area is 478 Å². The molecule has 5 saturated heterocycles. The van der Waals surface area contributed by atoms with E-state index >= 15 is 0 Å². The molecule has 6 fully saturated rings. The van der Waals surface area contributed by atoms with Crippen molar-refractivity contribution in [3.8, 4) is 0 Å². The van der Waals surface area contributed by atoms with Crippen molar-refractivity contribution in [3.05, 3.63) is 120 Å². The summed E-state index contributed by atoms with van der Waals surface area (Å²) in [6.45, 7) is 26.1. The molecule has 5 heterocycles. The summed E-state index contributed by atoms with van der Waals surface area (Å²) in [5.41, 5.74) is 2.58. The van der Waals surface area contributed by atoms with Gasteiger partial charge in [0.1, 0.15) is 55.9 Å². The molecule has 1 aliphatic carbocycles. The van der Waals surface area contributed by atoms with Crippen molar-refractivity contribution in [2.75, 3.05) is 19.8 Å². The topological polar surface area (TPSA) is 195 Å². The number of hydrogen-bond donors (Lipinski definition) is 2. The molecule has 2 N–H and O–H groups in total. The van der Waals surface area contributed by atoms with E-state index in [0.717, 1.165) is 16.7 Å². The normalized spacial score (nSPS) is 35.9. The van der Waals surface area contributed by atoms with Gasteiger partial charge in [0.25, 0.3) is 0 Å². The molecule has 3 aromatic carbocycles. The quantitative estimate of drug-likeness (QED) is 0.0469. The number of fused-ring (bicyclic) bond motifs is 2. The molecular weight excluding hydrogens is 1060 g/mol. The van der Waals surface area contributed by atoms with Crippen molar-refractivity contribution in [2.24, 2.45) is 29.6 Å². The SMILES string of the molecule is C=CCO[C@H]1[C@H](O[C@@H]2[C@H]3OC(=O)C[C@@H]3C[C@H](NC(=O)OCc3ccccc3)[C@H]2O[C@H]2O[C@@H]3COC(c4ccccc4)O[C@H]3[C@H](O[Si](C)(C)C(C)(C)C)[C@H]2C)O[C@H](CC)[C@H]1O[C@H]1O[C@@H](CNC(=O)OCc2ccccc2)[C@@H](C)[C@H](C)[C@H]1C. The predicted octanol–water partition coefficient (Wildman–Crippen LogP) is 9.90. The molecule has 19 heteroatoms. The number of nitrogens with one attached hydrogen (secondary N) is 2. The van der Waals surface area contributed by atoms with Crippen LogP contribution in [0.3, 0.4) is 0 Å². The molecule has 18 nitrogen and oxygen atoms in total. The van der Waals surface area contributed by atoms with Gasteiger partial charge in [-0.3, -0.25) is 4.79 Å². The number of amides is 2. The van der Waals surface area contributed by atoms with E-state index < -0.39 is 125 Å². The fraction of sp³-hybridized carbons (Fsp3) is 0.629. The van der Waals surface area contributed by atoms with Gasteiger partial charge in [0.15, 0.2) is 33.5 Å². The summed E-state index contributed by atoms with van der Waals surface area (Å²) in [4.78, 5) is 40.5. The van der Waals surface area contributed by atoms with Crippen LogP contribution in [0.4, 0.5) is 9.59 Å². The second kappa shape index (κ2) is 26.9. The van der Waals surface area contributed by atoms with Crippen molar-refractivity contribution in [1.82, 2.24) is 10.6 Å². The average molecular weight is 1140 g/mol. The van der Waals surface area contributed by atoms with Crippen LogP contribution in [0.2, 0.25) is 18.1 Å². The summed E-state index contributed by atoms with van der Waals surface area (Å²) < 4.78 is 87.0. The fourth-order valence-electron chi connectivity index (χ4n) is 11.7. The molecule has 6 aliphatic rings. The van der Waals surface area contributed by atoms with E-state index in [0.29, 0.717) is 12.8 Å². The van der Waals surface area contributed by atoms with E-state index in [4.69, 9.17) is 61.3 Å². The second-order valence-corrected chi connectivity index (χ2v) is 29.0. The Bertz CT molecular complexity index is 2520. The molecule has 1 saturated carbocycles. The van der Waals surface area contributed by atoms with Gasteiger partial charge in [-0.05, 0) is 53.9 Å². The minimum Gasteiger partial charge on any atom is -0.459 e. The van der Waals surface area contributed by atoms with Crippen LogP contribution >= 0.6 is 0 Å². The number of rotatable bonds is 20. The first-order valence-corrected chi connectivity index (χ1v) is 32.0. The Kier molecular flexibility index (Phi) is 20.2. The minimum atomic E-state index is -2.49. The highest BCUT2D eigenvalue weighted by Crippen LogP contribution is 2.47. The van der Waals surface area contributed by atoms with Gasteiger partial charge in [-0.25, -0.2) is 9.59 Å². The summed E-state index contributed by atoms with van der Waals surface area (Å²) in [6.07, 6.45) is -9.21. The number of benzene rings is 3. The second-order valence-electron chi connectivity index (χ2n) is 24.3. The van der Waals surface area contributed by atoms with Gasteiger partial charge in [-0.15, -0.1) is 6.58 Å². The minimum absolute atomic E-state index is 0.0262. The number of carbonyl (C=O) groups excluding carboxylic acids is 3. The highest BCUT2D eigenvalue weighted by atomic mass is 28.4. The van der Waals surface area contributed by atoms with Crippen LogP contribution in [0.1, 0.15) is 97.6 Å². The first kappa shape index (κ1) is 60.8. The third-order valence-electron chi connectivity index (χ3n) is 17.8. The molecule has 444 valence electrons. The van der Waals surface area contributed by atoms with Gasteiger partial charge < -0.3 is 71.9 Å². The molecule has 9 rings (SSSR count). The molecule has 2 amide bonds. The molecule has 3 aromatic rings. The number of esters is 1. The lowest BCUT2D eigenvalue weighted by molar-refractivity contribution is -0.364. The first-order chi connectivity index (χ1) is 38.8. The molecule has 0 radical (unpaired) electrons. The van der Waals surface area contributed by atoms with E-state index in [2.05, 4.69) is 71.8 Å². The number of alkyl carbamates (subject to hydrolysis) is 2. The molecule has 20 atom stereocenters. The summed E-state index contributed by atoms with van der Waals surface area (Å²) in [5, 5.41) is 5.88. The number of hydrogen-bond acceptors (Lipinski definition) is 16. The Morgan fingerprint density at radius 3 is 1.94 bits per heavy atom. The standard InChI is InChI=1S/C62H86N2O16Si/c1-12-29-68-55-52(77-56-38(5)36(3)37(4)46(73-56)32-63-60(66)70-33-40-23-17-14-18-24-40)45(13-2)72-59(55)79-54-50-43(31-48(65)75-50)30-44(64-61(67)71-34-41-25-19-15-20-26-41)51(54)76-57-39(6)49(80-81(10,11)62(7,8)9)53-47(74-57)35-69-58(78-53)42-27-21-16-22-28-42/h12,14-28,36-39,43-47,49-59H,1,13,29-35H2,2-11H3,(H,63,66)(H,64,67)/t36-,37-,38+,39+,43-,44-,45+,46-,47+,49+,50-,51+,52+,53+,54+,55+,56+,57+,58?,59-/m0/s1. The lowest BCUT2D eigenvalue weighted by Crippen LogP contribution is -2.66. The number of carbonyl (C=O) groups is 3. The van der Waals surface area contributed by atoms with Crippen LogP contribution in [-0.4, -0.2) is 132 Å². The van der Waals surface area contributed by atoms with Crippen molar-refractivity contribution in [1.29, 1.82) is 0 Å². The molecule has 0 bridgehead atoms. The predicted molar refractivity (Wildman–Crippen MR) is 300 cm³/mol. The largest absolute Gasteiger partial charge is 0.459 e.